The summed E-state index contributed by atoms with van der Waals surface area (Å²) in [6, 6.07) is 3.62. The maximum Gasteiger partial charge on any atom is 0.263 e. The van der Waals surface area contributed by atoms with Crippen LogP contribution in [-0.2, 0) is 4.74 Å². The molecule has 0 aliphatic carbocycles. The summed E-state index contributed by atoms with van der Waals surface area (Å²) in [6.45, 7) is 1.31. The lowest BCUT2D eigenvalue weighted by Crippen LogP contribution is -2.38. The standard InChI is InChI=1S/C17H16N4O3S/c22-16-12-9-25-14(17(23)19-11-3-7-24-8-4-11)13(12)20-15(21-16)10-1-5-18-6-2-10/h1-2,5-6,9,11H,3-4,7-8H2,(H,19,23)(H,20,21,22). The molecule has 4 heterocycles. The van der Waals surface area contributed by atoms with E-state index in [2.05, 4.69) is 20.3 Å². The fraction of sp³-hybridized carbons (Fsp3) is 0.294. The second kappa shape index (κ2) is 6.73. The van der Waals surface area contributed by atoms with E-state index in [4.69, 9.17) is 4.74 Å². The highest BCUT2D eigenvalue weighted by atomic mass is 32.1. The lowest BCUT2D eigenvalue weighted by molar-refractivity contribution is 0.0699. The summed E-state index contributed by atoms with van der Waals surface area (Å²) < 4.78 is 5.31. The predicted molar refractivity (Wildman–Crippen MR) is 94.8 cm³/mol. The minimum Gasteiger partial charge on any atom is -0.381 e. The van der Waals surface area contributed by atoms with E-state index in [0.29, 0.717) is 34.8 Å². The molecule has 1 saturated heterocycles. The van der Waals surface area contributed by atoms with Gasteiger partial charge in [0.05, 0.1) is 5.39 Å². The van der Waals surface area contributed by atoms with Crippen LogP contribution in [0.2, 0.25) is 0 Å². The van der Waals surface area contributed by atoms with Crippen molar-refractivity contribution in [3.8, 4) is 11.4 Å². The zero-order valence-electron chi connectivity index (χ0n) is 13.3. The monoisotopic (exact) mass is 356 g/mol. The van der Waals surface area contributed by atoms with Crippen LogP contribution in [0.3, 0.4) is 0 Å². The molecule has 0 aromatic carbocycles. The Morgan fingerprint density at radius 3 is 2.80 bits per heavy atom. The van der Waals surface area contributed by atoms with Gasteiger partial charge in [-0.2, -0.15) is 0 Å². The van der Waals surface area contributed by atoms with E-state index in [0.717, 1.165) is 18.4 Å². The Bertz CT molecular complexity index is 961. The van der Waals surface area contributed by atoms with Gasteiger partial charge in [-0.1, -0.05) is 0 Å². The molecule has 25 heavy (non-hydrogen) atoms. The van der Waals surface area contributed by atoms with Crippen LogP contribution in [0.1, 0.15) is 22.5 Å². The number of hydrogen-bond acceptors (Lipinski definition) is 6. The van der Waals surface area contributed by atoms with Crippen molar-refractivity contribution in [2.75, 3.05) is 13.2 Å². The van der Waals surface area contributed by atoms with Crippen LogP contribution in [0.25, 0.3) is 22.3 Å². The third-order valence-corrected chi connectivity index (χ3v) is 5.15. The van der Waals surface area contributed by atoms with Crippen molar-refractivity contribution < 1.29 is 9.53 Å². The summed E-state index contributed by atoms with van der Waals surface area (Å²) in [5.74, 6) is 0.240. The average molecular weight is 356 g/mol. The zero-order valence-corrected chi connectivity index (χ0v) is 14.1. The largest absolute Gasteiger partial charge is 0.381 e. The van der Waals surface area contributed by atoms with E-state index < -0.39 is 0 Å². The van der Waals surface area contributed by atoms with Gasteiger partial charge in [0.15, 0.2) is 0 Å². The number of nitrogens with zero attached hydrogens (tertiary/aromatic N) is 2. The molecule has 1 fully saturated rings. The normalized spacial score (nSPS) is 15.4. The number of carbonyl (C=O) groups excluding carboxylic acids is 1. The van der Waals surface area contributed by atoms with Crippen LogP contribution in [0, 0.1) is 0 Å². The number of rotatable bonds is 3. The highest BCUT2D eigenvalue weighted by Crippen LogP contribution is 2.24. The Hall–Kier alpha value is -2.58. The number of aromatic nitrogens is 3. The fourth-order valence-corrected chi connectivity index (χ4v) is 3.73. The SMILES string of the molecule is O=C(NC1CCOCC1)c1scc2c(=O)[nH]c(-c3ccncc3)nc12. The molecule has 0 radical (unpaired) electrons. The third kappa shape index (κ3) is 3.18. The molecule has 8 heteroatoms. The molecule has 0 saturated carbocycles. The van der Waals surface area contributed by atoms with E-state index in [1.807, 2.05) is 0 Å². The first-order valence-corrected chi connectivity index (χ1v) is 8.91. The van der Waals surface area contributed by atoms with E-state index in [1.54, 1.807) is 29.9 Å². The maximum atomic E-state index is 12.6. The molecule has 0 spiro atoms. The van der Waals surface area contributed by atoms with Crippen molar-refractivity contribution >= 4 is 28.1 Å². The minimum absolute atomic E-state index is 0.0973. The van der Waals surface area contributed by atoms with Gasteiger partial charge in [0.2, 0.25) is 0 Å². The number of thiophene rings is 1. The van der Waals surface area contributed by atoms with E-state index in [-0.39, 0.29) is 17.5 Å². The summed E-state index contributed by atoms with van der Waals surface area (Å²) in [5, 5.41) is 5.13. The smallest absolute Gasteiger partial charge is 0.263 e. The lowest BCUT2D eigenvalue weighted by atomic mass is 10.1. The topological polar surface area (TPSA) is 97.0 Å². The molecular formula is C17H16N4O3S. The molecule has 3 aromatic rings. The Balaban J connectivity index is 1.71. The first-order valence-electron chi connectivity index (χ1n) is 8.03. The quantitative estimate of drug-likeness (QED) is 0.748. The molecule has 0 unspecified atom stereocenters. The number of ether oxygens (including phenoxy) is 1. The number of nitrogens with one attached hydrogen (secondary N) is 2. The molecule has 128 valence electrons. The number of pyridine rings is 1. The lowest BCUT2D eigenvalue weighted by Gasteiger charge is -2.22. The summed E-state index contributed by atoms with van der Waals surface area (Å²) in [4.78, 5) is 36.7. The maximum absolute atomic E-state index is 12.6. The molecule has 4 rings (SSSR count). The molecule has 0 bridgehead atoms. The van der Waals surface area contributed by atoms with Crippen molar-refractivity contribution in [1.82, 2.24) is 20.3 Å². The van der Waals surface area contributed by atoms with Crippen molar-refractivity contribution in [2.45, 2.75) is 18.9 Å². The zero-order chi connectivity index (χ0) is 17.2. The minimum atomic E-state index is -0.252. The van der Waals surface area contributed by atoms with Gasteiger partial charge in [-0.05, 0) is 25.0 Å². The van der Waals surface area contributed by atoms with E-state index >= 15 is 0 Å². The van der Waals surface area contributed by atoms with Gasteiger partial charge in [0, 0.05) is 42.6 Å². The van der Waals surface area contributed by atoms with E-state index in [1.165, 1.54) is 11.3 Å². The third-order valence-electron chi connectivity index (χ3n) is 4.18. The molecular weight excluding hydrogens is 340 g/mol. The van der Waals surface area contributed by atoms with Gasteiger partial charge < -0.3 is 15.0 Å². The van der Waals surface area contributed by atoms with Gasteiger partial charge in [0.1, 0.15) is 16.2 Å². The first-order chi connectivity index (χ1) is 12.2. The summed E-state index contributed by atoms with van der Waals surface area (Å²) in [7, 11) is 0. The Labute approximate surface area is 147 Å². The number of hydrogen-bond donors (Lipinski definition) is 2. The summed E-state index contributed by atoms with van der Waals surface area (Å²) in [5.41, 5.74) is 0.930. The van der Waals surface area contributed by atoms with Crippen molar-refractivity contribution in [3.63, 3.8) is 0 Å². The van der Waals surface area contributed by atoms with Crippen molar-refractivity contribution in [1.29, 1.82) is 0 Å². The second-order valence-electron chi connectivity index (χ2n) is 5.84. The van der Waals surface area contributed by atoms with Gasteiger partial charge >= 0.3 is 0 Å². The Morgan fingerprint density at radius 1 is 1.28 bits per heavy atom. The molecule has 1 aliphatic rings. The summed E-state index contributed by atoms with van der Waals surface area (Å²) >= 11 is 1.24. The molecule has 1 aliphatic heterocycles. The first kappa shape index (κ1) is 15.9. The molecule has 3 aromatic heterocycles. The average Bonchev–Trinajstić information content (AvgIpc) is 3.08. The van der Waals surface area contributed by atoms with Crippen LogP contribution in [0.5, 0.6) is 0 Å². The second-order valence-corrected chi connectivity index (χ2v) is 6.72. The van der Waals surface area contributed by atoms with Crippen LogP contribution < -0.4 is 10.9 Å². The predicted octanol–water partition coefficient (Wildman–Crippen LogP) is 1.96. The van der Waals surface area contributed by atoms with Gasteiger partial charge in [-0.15, -0.1) is 11.3 Å². The summed E-state index contributed by atoms with van der Waals surface area (Å²) in [6.07, 6.45) is 4.86. The number of carbonyl (C=O) groups is 1. The Kier molecular flexibility index (Phi) is 4.29. The van der Waals surface area contributed by atoms with Gasteiger partial charge in [-0.3, -0.25) is 14.6 Å². The molecule has 2 N–H and O–H groups in total. The number of fused-ring (bicyclic) bond motifs is 1. The number of H-pyrrole nitrogens is 1. The van der Waals surface area contributed by atoms with E-state index in [9.17, 15) is 9.59 Å². The highest BCUT2D eigenvalue weighted by molar-refractivity contribution is 7.13. The molecule has 1 amide bonds. The van der Waals surface area contributed by atoms with Crippen molar-refractivity contribution in [2.24, 2.45) is 0 Å². The van der Waals surface area contributed by atoms with Crippen LogP contribution in [0.15, 0.2) is 34.7 Å². The van der Waals surface area contributed by atoms with Crippen LogP contribution >= 0.6 is 11.3 Å². The number of amides is 1. The van der Waals surface area contributed by atoms with Crippen LogP contribution in [0.4, 0.5) is 0 Å². The molecule has 0 atom stereocenters. The molecule has 7 nitrogen and oxygen atoms in total. The van der Waals surface area contributed by atoms with Gasteiger partial charge in [-0.25, -0.2) is 4.98 Å². The van der Waals surface area contributed by atoms with Crippen molar-refractivity contribution in [3.05, 3.63) is 45.1 Å². The Morgan fingerprint density at radius 2 is 2.04 bits per heavy atom. The van der Waals surface area contributed by atoms with Gasteiger partial charge in [0.25, 0.3) is 11.5 Å². The number of aromatic amines is 1. The highest BCUT2D eigenvalue weighted by Gasteiger charge is 2.21. The fourth-order valence-electron chi connectivity index (χ4n) is 2.84. The van der Waals surface area contributed by atoms with Crippen LogP contribution in [-0.4, -0.2) is 40.1 Å².